The van der Waals surface area contributed by atoms with Gasteiger partial charge in [0.1, 0.15) is 11.3 Å². The van der Waals surface area contributed by atoms with E-state index in [4.69, 9.17) is 9.15 Å². The molecule has 120 valence electrons. The second kappa shape index (κ2) is 5.70. The number of pyridine rings is 1. The third-order valence-electron chi connectivity index (χ3n) is 4.67. The molecule has 0 unspecified atom stereocenters. The van der Waals surface area contributed by atoms with Crippen LogP contribution in [0.3, 0.4) is 0 Å². The lowest BCUT2D eigenvalue weighted by Gasteiger charge is -2.37. The molecule has 3 heterocycles. The van der Waals surface area contributed by atoms with Gasteiger partial charge < -0.3 is 19.0 Å². The summed E-state index contributed by atoms with van der Waals surface area (Å²) in [7, 11) is 0. The van der Waals surface area contributed by atoms with Crippen LogP contribution in [0.15, 0.2) is 39.7 Å². The smallest absolute Gasteiger partial charge is 0.261 e. The van der Waals surface area contributed by atoms with Gasteiger partial charge >= 0.3 is 0 Å². The molecular weight excluding hydrogens is 296 g/mol. The molecule has 1 aliphatic heterocycles. The van der Waals surface area contributed by atoms with Crippen LogP contribution in [-0.2, 0) is 4.74 Å². The fourth-order valence-corrected chi connectivity index (χ4v) is 3.55. The van der Waals surface area contributed by atoms with Gasteiger partial charge in [0.05, 0.1) is 30.7 Å². The average Bonchev–Trinajstić information content (AvgIpc) is 3.25. The molecule has 6 heteroatoms. The molecule has 6 nitrogen and oxygen atoms in total. The summed E-state index contributed by atoms with van der Waals surface area (Å²) in [6, 6.07) is 6.90. The Balaban J connectivity index is 1.62. The Labute approximate surface area is 133 Å². The molecule has 0 radical (unpaired) electrons. The van der Waals surface area contributed by atoms with Crippen LogP contribution < -0.4 is 5.56 Å². The molecule has 4 rings (SSSR count). The highest BCUT2D eigenvalue weighted by Crippen LogP contribution is 2.30. The zero-order valence-electron chi connectivity index (χ0n) is 12.7. The van der Waals surface area contributed by atoms with Crippen molar-refractivity contribution in [3.8, 4) is 11.5 Å². The Bertz CT molecular complexity index is 765. The van der Waals surface area contributed by atoms with Crippen LogP contribution in [0.5, 0.6) is 0 Å². The van der Waals surface area contributed by atoms with E-state index < -0.39 is 0 Å². The normalized spacial score (nSPS) is 23.7. The molecule has 0 bridgehead atoms. The maximum absolute atomic E-state index is 12.8. The zero-order chi connectivity index (χ0) is 15.8. The number of carbonyl (C=O) groups excluding carboxylic acids is 1. The van der Waals surface area contributed by atoms with E-state index in [2.05, 4.69) is 4.98 Å². The number of rotatable bonds is 2. The van der Waals surface area contributed by atoms with E-state index in [1.807, 2.05) is 0 Å². The fraction of sp³-hybridized carbons (Fsp3) is 0.412. The van der Waals surface area contributed by atoms with E-state index in [-0.39, 0.29) is 29.2 Å². The molecule has 1 amide bonds. The van der Waals surface area contributed by atoms with Crippen LogP contribution in [0, 0.1) is 0 Å². The van der Waals surface area contributed by atoms with Crippen molar-refractivity contribution in [2.24, 2.45) is 0 Å². The van der Waals surface area contributed by atoms with Gasteiger partial charge in [-0.3, -0.25) is 9.59 Å². The van der Waals surface area contributed by atoms with Crippen LogP contribution >= 0.6 is 0 Å². The van der Waals surface area contributed by atoms with Crippen molar-refractivity contribution in [1.82, 2.24) is 9.88 Å². The fourth-order valence-electron chi connectivity index (χ4n) is 3.55. The first-order chi connectivity index (χ1) is 11.2. The van der Waals surface area contributed by atoms with Crippen LogP contribution in [-0.4, -0.2) is 41.1 Å². The first-order valence-electron chi connectivity index (χ1n) is 7.94. The Kier molecular flexibility index (Phi) is 3.53. The monoisotopic (exact) mass is 314 g/mol. The minimum Gasteiger partial charge on any atom is -0.463 e. The van der Waals surface area contributed by atoms with E-state index >= 15 is 0 Å². The Morgan fingerprint density at radius 2 is 2.17 bits per heavy atom. The summed E-state index contributed by atoms with van der Waals surface area (Å²) >= 11 is 0. The zero-order valence-corrected chi connectivity index (χ0v) is 12.7. The largest absolute Gasteiger partial charge is 0.463 e. The first-order valence-corrected chi connectivity index (χ1v) is 7.94. The van der Waals surface area contributed by atoms with E-state index in [1.54, 1.807) is 35.4 Å². The summed E-state index contributed by atoms with van der Waals surface area (Å²) in [5.41, 5.74) is 0.357. The van der Waals surface area contributed by atoms with Gasteiger partial charge in [0, 0.05) is 6.54 Å². The number of hydrogen-bond donors (Lipinski definition) is 1. The molecule has 2 aromatic rings. The molecule has 2 aliphatic rings. The van der Waals surface area contributed by atoms with Gasteiger partial charge in [0.25, 0.3) is 11.5 Å². The average molecular weight is 314 g/mol. The van der Waals surface area contributed by atoms with Crippen LogP contribution in [0.1, 0.15) is 29.6 Å². The first kappa shape index (κ1) is 14.3. The third-order valence-corrected chi connectivity index (χ3v) is 4.67. The Hall–Kier alpha value is -2.34. The maximum atomic E-state index is 12.8. The number of aromatic amines is 1. The molecule has 1 N–H and O–H groups in total. The molecule has 0 aromatic carbocycles. The molecule has 1 saturated heterocycles. The summed E-state index contributed by atoms with van der Waals surface area (Å²) in [4.78, 5) is 29.7. The third kappa shape index (κ3) is 2.49. The highest BCUT2D eigenvalue weighted by Gasteiger charge is 2.39. The number of amides is 1. The molecule has 23 heavy (non-hydrogen) atoms. The highest BCUT2D eigenvalue weighted by molar-refractivity contribution is 5.94. The summed E-state index contributed by atoms with van der Waals surface area (Å²) in [6.07, 6.45) is 4.66. The van der Waals surface area contributed by atoms with Gasteiger partial charge in [0.15, 0.2) is 0 Å². The van der Waals surface area contributed by atoms with Crippen LogP contribution in [0.25, 0.3) is 11.5 Å². The molecule has 1 aliphatic carbocycles. The number of aromatic nitrogens is 1. The predicted molar refractivity (Wildman–Crippen MR) is 83.2 cm³/mol. The van der Waals surface area contributed by atoms with Crippen LogP contribution in [0.4, 0.5) is 0 Å². The second-order valence-electron chi connectivity index (χ2n) is 6.00. The van der Waals surface area contributed by atoms with E-state index in [1.165, 1.54) is 0 Å². The van der Waals surface area contributed by atoms with E-state index in [0.29, 0.717) is 24.6 Å². The summed E-state index contributed by atoms with van der Waals surface area (Å²) in [5.74, 6) is 0.362. The minimum atomic E-state index is -0.384. The van der Waals surface area contributed by atoms with E-state index in [0.717, 1.165) is 19.3 Å². The number of nitrogens with one attached hydrogen (secondary N) is 1. The number of furan rings is 1. The van der Waals surface area contributed by atoms with Crippen molar-refractivity contribution >= 4 is 5.91 Å². The van der Waals surface area contributed by atoms with Gasteiger partial charge in [-0.25, -0.2) is 0 Å². The molecular formula is C17H18N2O4. The number of nitrogens with zero attached hydrogens (tertiary/aromatic N) is 1. The van der Waals surface area contributed by atoms with Gasteiger partial charge in [-0.1, -0.05) is 0 Å². The predicted octanol–water partition coefficient (Wildman–Crippen LogP) is 2.03. The number of ether oxygens (including phenoxy) is 1. The number of H-pyrrole nitrogens is 1. The summed E-state index contributed by atoms with van der Waals surface area (Å²) < 4.78 is 11.0. The van der Waals surface area contributed by atoms with Crippen molar-refractivity contribution in [3.05, 3.63) is 46.4 Å². The number of carbonyl (C=O) groups is 1. The van der Waals surface area contributed by atoms with Crippen molar-refractivity contribution in [2.45, 2.75) is 31.4 Å². The van der Waals surface area contributed by atoms with Gasteiger partial charge in [0.2, 0.25) is 0 Å². The molecule has 1 saturated carbocycles. The van der Waals surface area contributed by atoms with Crippen molar-refractivity contribution in [1.29, 1.82) is 0 Å². The van der Waals surface area contributed by atoms with Gasteiger partial charge in [-0.2, -0.15) is 0 Å². The van der Waals surface area contributed by atoms with Crippen molar-refractivity contribution in [2.75, 3.05) is 13.2 Å². The lowest BCUT2D eigenvalue weighted by Crippen LogP contribution is -2.52. The Morgan fingerprint density at radius 3 is 2.96 bits per heavy atom. The minimum absolute atomic E-state index is 0.0976. The standard InChI is InChI=1S/C17H18N2O4/c20-16-11(6-7-12(18-16)14-5-2-9-22-14)17(21)19-8-10-23-15-4-1-3-13(15)19/h2,5-7,9,13,15H,1,3-4,8,10H2,(H,18,20)/t13-,15-/m1/s1. The van der Waals surface area contributed by atoms with Crippen molar-refractivity contribution < 1.29 is 13.9 Å². The molecule has 0 spiro atoms. The molecule has 2 aromatic heterocycles. The summed E-state index contributed by atoms with van der Waals surface area (Å²) in [5, 5.41) is 0. The lowest BCUT2D eigenvalue weighted by molar-refractivity contribution is -0.0446. The quantitative estimate of drug-likeness (QED) is 0.920. The van der Waals surface area contributed by atoms with Crippen LogP contribution in [0.2, 0.25) is 0 Å². The topological polar surface area (TPSA) is 75.5 Å². The summed E-state index contributed by atoms with van der Waals surface area (Å²) in [6.45, 7) is 1.08. The number of fused-ring (bicyclic) bond motifs is 1. The Morgan fingerprint density at radius 1 is 1.26 bits per heavy atom. The van der Waals surface area contributed by atoms with Crippen molar-refractivity contribution in [3.63, 3.8) is 0 Å². The van der Waals surface area contributed by atoms with Gasteiger partial charge in [-0.15, -0.1) is 0 Å². The van der Waals surface area contributed by atoms with Gasteiger partial charge in [-0.05, 0) is 43.5 Å². The molecule has 2 fully saturated rings. The molecule has 2 atom stereocenters. The number of hydrogen-bond acceptors (Lipinski definition) is 4. The van der Waals surface area contributed by atoms with E-state index in [9.17, 15) is 9.59 Å². The lowest BCUT2D eigenvalue weighted by atomic mass is 10.1. The second-order valence-corrected chi connectivity index (χ2v) is 6.00. The number of morpholine rings is 1. The maximum Gasteiger partial charge on any atom is 0.261 e. The highest BCUT2D eigenvalue weighted by atomic mass is 16.5. The SMILES string of the molecule is O=C(c1ccc(-c2ccco2)[nH]c1=O)N1CCO[C@@H]2CCC[C@H]21.